The van der Waals surface area contributed by atoms with Crippen molar-refractivity contribution in [3.63, 3.8) is 0 Å². The molecule has 0 saturated heterocycles. The number of likely N-dealkylation sites (N-methyl/N-ethyl adjacent to an activating group) is 1. The van der Waals surface area contributed by atoms with Crippen LogP contribution in [0.3, 0.4) is 0 Å². The van der Waals surface area contributed by atoms with Crippen molar-refractivity contribution in [3.8, 4) is 0 Å². The van der Waals surface area contributed by atoms with E-state index < -0.39 is 0 Å². The Bertz CT molecular complexity index is 528. The van der Waals surface area contributed by atoms with Gasteiger partial charge in [-0.05, 0) is 50.6 Å². The highest BCUT2D eigenvalue weighted by atomic mass is 15.1. The fourth-order valence-corrected chi connectivity index (χ4v) is 2.13. The SMILES string of the molecule is Cc1ccc2cc(CCN(C)C(C)C)ccc2c1. The summed E-state index contributed by atoms with van der Waals surface area (Å²) in [6.45, 7) is 7.74. The standard InChI is InChI=1S/C17H23N/c1-13(2)18(4)10-9-15-6-8-16-11-14(3)5-7-17(16)12-15/h5-8,11-13H,9-10H2,1-4H3. The molecule has 0 fully saturated rings. The lowest BCUT2D eigenvalue weighted by molar-refractivity contribution is 0.277. The molecule has 0 amide bonds. The number of fused-ring (bicyclic) bond motifs is 1. The van der Waals surface area contributed by atoms with E-state index in [-0.39, 0.29) is 0 Å². The lowest BCUT2D eigenvalue weighted by Gasteiger charge is -2.20. The number of hydrogen-bond donors (Lipinski definition) is 0. The molecule has 18 heavy (non-hydrogen) atoms. The van der Waals surface area contributed by atoms with Crippen molar-refractivity contribution in [1.82, 2.24) is 4.90 Å². The summed E-state index contributed by atoms with van der Waals surface area (Å²) in [6, 6.07) is 14.1. The minimum Gasteiger partial charge on any atom is -0.304 e. The lowest BCUT2D eigenvalue weighted by Crippen LogP contribution is -2.28. The van der Waals surface area contributed by atoms with Crippen LogP contribution in [0.15, 0.2) is 36.4 Å². The number of benzene rings is 2. The summed E-state index contributed by atoms with van der Waals surface area (Å²) in [7, 11) is 2.19. The summed E-state index contributed by atoms with van der Waals surface area (Å²) in [5, 5.41) is 2.70. The van der Waals surface area contributed by atoms with Crippen LogP contribution in [0.1, 0.15) is 25.0 Å². The Balaban J connectivity index is 2.13. The molecule has 1 heteroatoms. The minimum atomic E-state index is 0.619. The van der Waals surface area contributed by atoms with Gasteiger partial charge in [0.25, 0.3) is 0 Å². The summed E-state index contributed by atoms with van der Waals surface area (Å²) in [5.74, 6) is 0. The molecule has 0 aliphatic heterocycles. The molecule has 1 nitrogen and oxygen atoms in total. The van der Waals surface area contributed by atoms with Crippen LogP contribution in [-0.4, -0.2) is 24.5 Å². The van der Waals surface area contributed by atoms with Gasteiger partial charge in [-0.2, -0.15) is 0 Å². The summed E-state index contributed by atoms with van der Waals surface area (Å²) in [4.78, 5) is 2.39. The van der Waals surface area contributed by atoms with Gasteiger partial charge in [-0.3, -0.25) is 0 Å². The number of rotatable bonds is 4. The average molecular weight is 241 g/mol. The van der Waals surface area contributed by atoms with Gasteiger partial charge in [0.1, 0.15) is 0 Å². The van der Waals surface area contributed by atoms with E-state index >= 15 is 0 Å². The fourth-order valence-electron chi connectivity index (χ4n) is 2.13. The van der Waals surface area contributed by atoms with Gasteiger partial charge in [0.15, 0.2) is 0 Å². The van der Waals surface area contributed by atoms with Gasteiger partial charge >= 0.3 is 0 Å². The first-order valence-corrected chi connectivity index (χ1v) is 6.76. The maximum absolute atomic E-state index is 2.39. The predicted octanol–water partition coefficient (Wildman–Crippen LogP) is 4.03. The first-order valence-electron chi connectivity index (χ1n) is 6.76. The molecule has 0 bridgehead atoms. The molecule has 0 aliphatic rings. The fraction of sp³-hybridized carbons (Fsp3) is 0.412. The van der Waals surface area contributed by atoms with Gasteiger partial charge in [0, 0.05) is 12.6 Å². The molecule has 96 valence electrons. The maximum atomic E-state index is 2.39. The molecule has 2 rings (SSSR count). The van der Waals surface area contributed by atoms with E-state index in [1.54, 1.807) is 0 Å². The molecule has 0 atom stereocenters. The predicted molar refractivity (Wildman–Crippen MR) is 80.2 cm³/mol. The molecule has 0 aromatic heterocycles. The van der Waals surface area contributed by atoms with Crippen LogP contribution in [0.4, 0.5) is 0 Å². The Morgan fingerprint density at radius 2 is 1.67 bits per heavy atom. The van der Waals surface area contributed by atoms with Crippen molar-refractivity contribution >= 4 is 10.8 Å². The molecule has 0 N–H and O–H groups in total. The second-order valence-electron chi connectivity index (χ2n) is 5.51. The molecule has 0 spiro atoms. The third-order valence-corrected chi connectivity index (χ3v) is 3.69. The monoisotopic (exact) mass is 241 g/mol. The van der Waals surface area contributed by atoms with E-state index in [1.165, 1.54) is 21.9 Å². The average Bonchev–Trinajstić information content (AvgIpc) is 2.35. The van der Waals surface area contributed by atoms with Crippen LogP contribution in [0.25, 0.3) is 10.8 Å². The van der Waals surface area contributed by atoms with Gasteiger partial charge in [0.2, 0.25) is 0 Å². The van der Waals surface area contributed by atoms with E-state index in [4.69, 9.17) is 0 Å². The topological polar surface area (TPSA) is 3.24 Å². The molecule has 0 aliphatic carbocycles. The van der Waals surface area contributed by atoms with Gasteiger partial charge < -0.3 is 4.90 Å². The first kappa shape index (κ1) is 13.1. The summed E-state index contributed by atoms with van der Waals surface area (Å²) < 4.78 is 0. The van der Waals surface area contributed by atoms with Gasteiger partial charge in [-0.1, -0.05) is 42.0 Å². The molecule has 2 aromatic rings. The van der Waals surface area contributed by atoms with E-state index in [0.29, 0.717) is 6.04 Å². The van der Waals surface area contributed by atoms with Crippen molar-refractivity contribution in [2.75, 3.05) is 13.6 Å². The largest absolute Gasteiger partial charge is 0.304 e. The number of nitrogens with zero attached hydrogens (tertiary/aromatic N) is 1. The Morgan fingerprint density at radius 3 is 2.39 bits per heavy atom. The molecule has 0 unspecified atom stereocenters. The van der Waals surface area contributed by atoms with Crippen LogP contribution in [0.5, 0.6) is 0 Å². The Kier molecular flexibility index (Phi) is 4.03. The van der Waals surface area contributed by atoms with Gasteiger partial charge in [0.05, 0.1) is 0 Å². The smallest absolute Gasteiger partial charge is 0.00356 e. The zero-order valence-electron chi connectivity index (χ0n) is 11.9. The molecule has 0 saturated carbocycles. The van der Waals surface area contributed by atoms with E-state index in [2.05, 4.69) is 69.1 Å². The summed E-state index contributed by atoms with van der Waals surface area (Å²) in [5.41, 5.74) is 2.76. The molecule has 0 radical (unpaired) electrons. The molecular weight excluding hydrogens is 218 g/mol. The first-order chi connectivity index (χ1) is 8.56. The van der Waals surface area contributed by atoms with Crippen LogP contribution in [0, 0.1) is 6.92 Å². The van der Waals surface area contributed by atoms with Crippen LogP contribution in [0.2, 0.25) is 0 Å². The highest BCUT2D eigenvalue weighted by molar-refractivity contribution is 5.83. The van der Waals surface area contributed by atoms with Gasteiger partial charge in [-0.15, -0.1) is 0 Å². The molecular formula is C17H23N. The Morgan fingerprint density at radius 1 is 1.00 bits per heavy atom. The van der Waals surface area contributed by atoms with Crippen LogP contribution < -0.4 is 0 Å². The maximum Gasteiger partial charge on any atom is 0.00356 e. The van der Waals surface area contributed by atoms with Crippen molar-refractivity contribution in [2.45, 2.75) is 33.2 Å². The zero-order valence-corrected chi connectivity index (χ0v) is 11.9. The van der Waals surface area contributed by atoms with Gasteiger partial charge in [-0.25, -0.2) is 0 Å². The number of aryl methyl sites for hydroxylation is 1. The van der Waals surface area contributed by atoms with Crippen molar-refractivity contribution in [3.05, 3.63) is 47.5 Å². The minimum absolute atomic E-state index is 0.619. The normalized spacial score (nSPS) is 11.7. The third kappa shape index (κ3) is 3.11. The Hall–Kier alpha value is -1.34. The highest BCUT2D eigenvalue weighted by Gasteiger charge is 2.03. The summed E-state index contributed by atoms with van der Waals surface area (Å²) in [6.07, 6.45) is 1.12. The van der Waals surface area contributed by atoms with Crippen molar-refractivity contribution in [2.24, 2.45) is 0 Å². The zero-order chi connectivity index (χ0) is 13.1. The van der Waals surface area contributed by atoms with Crippen molar-refractivity contribution < 1.29 is 0 Å². The highest BCUT2D eigenvalue weighted by Crippen LogP contribution is 2.18. The quantitative estimate of drug-likeness (QED) is 0.781. The summed E-state index contributed by atoms with van der Waals surface area (Å²) >= 11 is 0. The van der Waals surface area contributed by atoms with E-state index in [9.17, 15) is 0 Å². The van der Waals surface area contributed by atoms with E-state index in [0.717, 1.165) is 13.0 Å². The lowest BCUT2D eigenvalue weighted by atomic mass is 10.0. The number of hydrogen-bond acceptors (Lipinski definition) is 1. The van der Waals surface area contributed by atoms with E-state index in [1.807, 2.05) is 0 Å². The molecule has 0 heterocycles. The second-order valence-corrected chi connectivity index (χ2v) is 5.51. The van der Waals surface area contributed by atoms with Crippen LogP contribution >= 0.6 is 0 Å². The van der Waals surface area contributed by atoms with Crippen LogP contribution in [-0.2, 0) is 6.42 Å². The third-order valence-electron chi connectivity index (χ3n) is 3.69. The van der Waals surface area contributed by atoms with Crippen molar-refractivity contribution in [1.29, 1.82) is 0 Å². The molecule has 2 aromatic carbocycles. The second kappa shape index (κ2) is 5.53. The Labute approximate surface area is 110 Å².